The number of amides is 1. The Labute approximate surface area is 118 Å². The number of rotatable bonds is 3. The average Bonchev–Trinajstić information content (AvgIpc) is 3.05. The summed E-state index contributed by atoms with van der Waals surface area (Å²) < 4.78 is 5.53. The van der Waals surface area contributed by atoms with E-state index < -0.39 is 0 Å². The summed E-state index contributed by atoms with van der Waals surface area (Å²) in [6.45, 7) is 2.82. The van der Waals surface area contributed by atoms with Gasteiger partial charge >= 0.3 is 0 Å². The van der Waals surface area contributed by atoms with E-state index in [0.29, 0.717) is 6.42 Å². The van der Waals surface area contributed by atoms with Gasteiger partial charge in [-0.3, -0.25) is 4.79 Å². The zero-order valence-corrected chi connectivity index (χ0v) is 11.6. The van der Waals surface area contributed by atoms with Crippen molar-refractivity contribution in [2.75, 3.05) is 13.2 Å². The number of carbonyl (C=O) groups is 1. The second-order valence-electron chi connectivity index (χ2n) is 5.50. The molecule has 0 aliphatic carbocycles. The number of nitrogens with zero attached hydrogens (tertiary/aromatic N) is 1. The third kappa shape index (κ3) is 2.31. The second-order valence-corrected chi connectivity index (χ2v) is 5.50. The number of likely N-dealkylation sites (tertiary alicyclic amines) is 1. The van der Waals surface area contributed by atoms with E-state index >= 15 is 0 Å². The molecule has 1 saturated heterocycles. The number of carbonyl (C=O) groups excluding carboxylic acids is 1. The van der Waals surface area contributed by atoms with Gasteiger partial charge < -0.3 is 14.4 Å². The highest BCUT2D eigenvalue weighted by atomic mass is 16.3. The number of aliphatic hydroxyl groups excluding tert-OH is 1. The number of hydrogen-bond acceptors (Lipinski definition) is 3. The molecule has 4 nitrogen and oxygen atoms in total. The lowest BCUT2D eigenvalue weighted by atomic mass is 10.1. The topological polar surface area (TPSA) is 53.7 Å². The molecule has 20 heavy (non-hydrogen) atoms. The molecule has 1 aliphatic heterocycles. The molecule has 4 heteroatoms. The summed E-state index contributed by atoms with van der Waals surface area (Å²) in [5.74, 6) is 0.0739. The predicted octanol–water partition coefficient (Wildman–Crippen LogP) is 2.27. The molecule has 1 fully saturated rings. The van der Waals surface area contributed by atoms with Gasteiger partial charge in [0, 0.05) is 17.5 Å². The molecule has 1 N–H and O–H groups in total. The molecule has 0 bridgehead atoms. The Balaban J connectivity index is 1.81. The van der Waals surface area contributed by atoms with Crippen LogP contribution in [0.5, 0.6) is 0 Å². The molecule has 1 unspecified atom stereocenters. The van der Waals surface area contributed by atoms with E-state index in [-0.39, 0.29) is 18.6 Å². The molecule has 2 heterocycles. The summed E-state index contributed by atoms with van der Waals surface area (Å²) in [5.41, 5.74) is 2.89. The van der Waals surface area contributed by atoms with Crippen molar-refractivity contribution in [2.24, 2.45) is 0 Å². The molecular formula is C16H19NO3. The highest BCUT2D eigenvalue weighted by Crippen LogP contribution is 2.24. The van der Waals surface area contributed by atoms with E-state index in [1.54, 1.807) is 11.2 Å². The Hall–Kier alpha value is -1.81. The van der Waals surface area contributed by atoms with Gasteiger partial charge in [-0.2, -0.15) is 0 Å². The highest BCUT2D eigenvalue weighted by molar-refractivity contribution is 5.88. The first kappa shape index (κ1) is 13.2. The third-order valence-electron chi connectivity index (χ3n) is 4.06. The summed E-state index contributed by atoms with van der Waals surface area (Å²) >= 11 is 0. The van der Waals surface area contributed by atoms with Crippen molar-refractivity contribution in [3.05, 3.63) is 35.6 Å². The molecule has 1 aliphatic rings. The quantitative estimate of drug-likeness (QED) is 0.933. The van der Waals surface area contributed by atoms with Gasteiger partial charge in [0.05, 0.1) is 25.3 Å². The molecule has 3 rings (SSSR count). The summed E-state index contributed by atoms with van der Waals surface area (Å²) in [6.07, 6.45) is 3.88. The molecule has 1 amide bonds. The van der Waals surface area contributed by atoms with Crippen molar-refractivity contribution >= 4 is 16.9 Å². The van der Waals surface area contributed by atoms with E-state index in [0.717, 1.165) is 41.5 Å². The van der Waals surface area contributed by atoms with Crippen LogP contribution in [0.25, 0.3) is 11.0 Å². The van der Waals surface area contributed by atoms with Crippen molar-refractivity contribution in [1.29, 1.82) is 0 Å². The first-order chi connectivity index (χ1) is 9.69. The molecule has 1 atom stereocenters. The van der Waals surface area contributed by atoms with Gasteiger partial charge in [0.25, 0.3) is 0 Å². The van der Waals surface area contributed by atoms with Gasteiger partial charge in [-0.05, 0) is 31.4 Å². The third-order valence-corrected chi connectivity index (χ3v) is 4.06. The lowest BCUT2D eigenvalue weighted by Gasteiger charge is -2.22. The highest BCUT2D eigenvalue weighted by Gasteiger charge is 2.28. The van der Waals surface area contributed by atoms with Crippen molar-refractivity contribution in [2.45, 2.75) is 32.2 Å². The smallest absolute Gasteiger partial charge is 0.227 e. The van der Waals surface area contributed by atoms with Crippen LogP contribution in [0.1, 0.15) is 24.0 Å². The number of furan rings is 1. The van der Waals surface area contributed by atoms with Crippen LogP contribution in [0.3, 0.4) is 0 Å². The van der Waals surface area contributed by atoms with Gasteiger partial charge in [0.15, 0.2) is 0 Å². The van der Waals surface area contributed by atoms with Crippen LogP contribution in [-0.4, -0.2) is 35.1 Å². The maximum atomic E-state index is 12.4. The molecule has 0 saturated carbocycles. The van der Waals surface area contributed by atoms with Gasteiger partial charge in [-0.15, -0.1) is 0 Å². The Kier molecular flexibility index (Phi) is 3.49. The fourth-order valence-electron chi connectivity index (χ4n) is 2.95. The zero-order valence-electron chi connectivity index (χ0n) is 11.6. The molecule has 0 radical (unpaired) electrons. The summed E-state index contributed by atoms with van der Waals surface area (Å²) in [6, 6.07) is 6.00. The lowest BCUT2D eigenvalue weighted by Crippen LogP contribution is -2.38. The Bertz CT molecular complexity index is 632. The molecule has 0 spiro atoms. The Morgan fingerprint density at radius 2 is 2.35 bits per heavy atom. The van der Waals surface area contributed by atoms with Gasteiger partial charge in [0.1, 0.15) is 5.58 Å². The number of hydrogen-bond donors (Lipinski definition) is 1. The Morgan fingerprint density at radius 1 is 1.50 bits per heavy atom. The van der Waals surface area contributed by atoms with E-state index in [9.17, 15) is 9.90 Å². The van der Waals surface area contributed by atoms with Crippen molar-refractivity contribution < 1.29 is 14.3 Å². The van der Waals surface area contributed by atoms with Gasteiger partial charge in [-0.1, -0.05) is 12.1 Å². The largest absolute Gasteiger partial charge is 0.464 e. The van der Waals surface area contributed by atoms with Crippen LogP contribution in [0.4, 0.5) is 0 Å². The minimum atomic E-state index is -0.0112. The number of fused-ring (bicyclic) bond motifs is 1. The molecule has 1 aromatic carbocycles. The first-order valence-electron chi connectivity index (χ1n) is 7.06. The van der Waals surface area contributed by atoms with E-state index in [4.69, 9.17) is 4.42 Å². The van der Waals surface area contributed by atoms with Crippen LogP contribution >= 0.6 is 0 Å². The Morgan fingerprint density at radius 3 is 3.15 bits per heavy atom. The van der Waals surface area contributed by atoms with Crippen LogP contribution in [0.2, 0.25) is 0 Å². The first-order valence-corrected chi connectivity index (χ1v) is 7.06. The SMILES string of the molecule is Cc1ccc2c(CC(=O)N3CCCC3CO)coc2c1. The molecule has 2 aromatic rings. The van der Waals surface area contributed by atoms with Crippen molar-refractivity contribution in [1.82, 2.24) is 4.90 Å². The van der Waals surface area contributed by atoms with Crippen molar-refractivity contribution in [3.63, 3.8) is 0 Å². The summed E-state index contributed by atoms with van der Waals surface area (Å²) in [7, 11) is 0. The van der Waals surface area contributed by atoms with Crippen LogP contribution in [0.15, 0.2) is 28.9 Å². The van der Waals surface area contributed by atoms with E-state index in [1.807, 2.05) is 25.1 Å². The number of aliphatic hydroxyl groups is 1. The van der Waals surface area contributed by atoms with Crippen LogP contribution in [0, 0.1) is 6.92 Å². The monoisotopic (exact) mass is 273 g/mol. The summed E-state index contributed by atoms with van der Waals surface area (Å²) in [5, 5.41) is 10.3. The standard InChI is InChI=1S/C16H19NO3/c1-11-4-5-14-12(10-20-15(14)7-11)8-16(19)17-6-2-3-13(17)9-18/h4-5,7,10,13,18H,2-3,6,8-9H2,1H3. The fraction of sp³-hybridized carbons (Fsp3) is 0.438. The lowest BCUT2D eigenvalue weighted by molar-refractivity contribution is -0.131. The fourth-order valence-corrected chi connectivity index (χ4v) is 2.95. The van der Waals surface area contributed by atoms with E-state index in [1.165, 1.54) is 0 Å². The molecular weight excluding hydrogens is 254 g/mol. The van der Waals surface area contributed by atoms with Crippen molar-refractivity contribution in [3.8, 4) is 0 Å². The second kappa shape index (κ2) is 5.29. The maximum Gasteiger partial charge on any atom is 0.227 e. The number of aryl methyl sites for hydroxylation is 1. The van der Waals surface area contributed by atoms with Crippen LogP contribution in [-0.2, 0) is 11.2 Å². The minimum absolute atomic E-state index is 0.0112. The normalized spacial score (nSPS) is 18.9. The van der Waals surface area contributed by atoms with Crippen LogP contribution < -0.4 is 0 Å². The average molecular weight is 273 g/mol. The minimum Gasteiger partial charge on any atom is -0.464 e. The molecule has 1 aromatic heterocycles. The van der Waals surface area contributed by atoms with E-state index in [2.05, 4.69) is 0 Å². The zero-order chi connectivity index (χ0) is 14.1. The predicted molar refractivity (Wildman–Crippen MR) is 76.5 cm³/mol. The molecule has 106 valence electrons. The van der Waals surface area contributed by atoms with Gasteiger partial charge in [0.2, 0.25) is 5.91 Å². The number of benzene rings is 1. The maximum absolute atomic E-state index is 12.4. The van der Waals surface area contributed by atoms with Gasteiger partial charge in [-0.25, -0.2) is 0 Å². The summed E-state index contributed by atoms with van der Waals surface area (Å²) in [4.78, 5) is 14.2.